The zero-order valence-electron chi connectivity index (χ0n) is 18.1. The molecule has 1 aliphatic heterocycles. The lowest BCUT2D eigenvalue weighted by molar-refractivity contribution is 0.0722. The number of halogens is 2. The zero-order chi connectivity index (χ0) is 23.9. The van der Waals surface area contributed by atoms with Gasteiger partial charge in [-0.15, -0.1) is 0 Å². The average Bonchev–Trinajstić information content (AvgIpc) is 3.22. The number of hydrogen-bond acceptors (Lipinski definition) is 6. The van der Waals surface area contributed by atoms with Crippen molar-refractivity contribution in [1.29, 1.82) is 0 Å². The van der Waals surface area contributed by atoms with E-state index in [1.807, 2.05) is 22.6 Å². The minimum Gasteiger partial charge on any atom is -0.475 e. The summed E-state index contributed by atoms with van der Waals surface area (Å²) in [6, 6.07) is 4.77. The van der Waals surface area contributed by atoms with E-state index in [1.165, 1.54) is 10.6 Å². The second kappa shape index (κ2) is 9.51. The maximum Gasteiger partial charge on any atom is 0.256 e. The van der Waals surface area contributed by atoms with Crippen LogP contribution >= 0.6 is 22.6 Å². The lowest BCUT2D eigenvalue weighted by Gasteiger charge is -2.38. The van der Waals surface area contributed by atoms with Gasteiger partial charge in [0.1, 0.15) is 18.1 Å². The molecule has 0 saturated heterocycles. The van der Waals surface area contributed by atoms with Crippen LogP contribution in [-0.2, 0) is 23.0 Å². The predicted molar refractivity (Wildman–Crippen MR) is 130 cm³/mol. The number of fused-ring (bicyclic) bond motifs is 1. The Morgan fingerprint density at radius 1 is 1.30 bits per heavy atom. The lowest BCUT2D eigenvalue weighted by Crippen LogP contribution is -2.44. The zero-order valence-corrected chi connectivity index (χ0v) is 21.0. The normalized spacial score (nSPS) is 19.8. The first-order valence-corrected chi connectivity index (χ1v) is 13.3. The molecule has 0 spiro atoms. The summed E-state index contributed by atoms with van der Waals surface area (Å²) in [4.78, 5) is 12.9. The summed E-state index contributed by atoms with van der Waals surface area (Å²) in [5.41, 5.74) is 0.956. The molecule has 4 rings (SSSR count). The topological polar surface area (TPSA) is 118 Å². The van der Waals surface area contributed by atoms with E-state index in [2.05, 4.69) is 4.72 Å². The molecule has 3 N–H and O–H groups in total. The van der Waals surface area contributed by atoms with Crippen molar-refractivity contribution < 1.29 is 27.8 Å². The molecular formula is C22H26FIN2O6S. The number of pyridine rings is 1. The van der Waals surface area contributed by atoms with Crippen LogP contribution in [0.3, 0.4) is 0 Å². The van der Waals surface area contributed by atoms with Gasteiger partial charge in [-0.05, 0) is 71.5 Å². The van der Waals surface area contributed by atoms with Crippen molar-refractivity contribution in [3.8, 4) is 5.88 Å². The van der Waals surface area contributed by atoms with E-state index in [4.69, 9.17) is 4.74 Å². The smallest absolute Gasteiger partial charge is 0.256 e. The number of rotatable bonds is 8. The molecule has 1 aromatic carbocycles. The third-order valence-electron chi connectivity index (χ3n) is 6.67. The minimum atomic E-state index is -3.85. The molecule has 0 bridgehead atoms. The molecule has 0 amide bonds. The number of aliphatic hydroxyl groups excluding tert-OH is 2. The molecule has 1 fully saturated rings. The number of ether oxygens (including phenoxy) is 1. The summed E-state index contributed by atoms with van der Waals surface area (Å²) in [7, 11) is -3.85. The lowest BCUT2D eigenvalue weighted by atomic mass is 9.76. The van der Waals surface area contributed by atoms with Crippen LogP contribution in [0.1, 0.15) is 29.5 Å². The molecule has 0 radical (unpaired) electrons. The summed E-state index contributed by atoms with van der Waals surface area (Å²) in [5, 5.41) is 18.0. The van der Waals surface area contributed by atoms with Gasteiger partial charge in [-0.25, -0.2) is 12.8 Å². The minimum absolute atomic E-state index is 0.0310. The van der Waals surface area contributed by atoms with Crippen LogP contribution in [0.15, 0.2) is 23.0 Å². The Kier molecular flexibility index (Phi) is 7.04. The molecular weight excluding hydrogens is 566 g/mol. The van der Waals surface area contributed by atoms with Gasteiger partial charge in [-0.1, -0.05) is 6.07 Å². The Labute approximate surface area is 205 Å². The number of benzene rings is 1. The number of anilines is 1. The maximum atomic E-state index is 14.6. The van der Waals surface area contributed by atoms with Crippen molar-refractivity contribution in [3.05, 3.63) is 54.6 Å². The van der Waals surface area contributed by atoms with Gasteiger partial charge < -0.3 is 14.9 Å². The molecule has 2 aromatic rings. The Morgan fingerprint density at radius 3 is 2.64 bits per heavy atom. The van der Waals surface area contributed by atoms with Gasteiger partial charge in [-0.2, -0.15) is 0 Å². The van der Waals surface area contributed by atoms with E-state index in [0.717, 1.165) is 3.57 Å². The second-order valence-electron chi connectivity index (χ2n) is 8.63. The summed E-state index contributed by atoms with van der Waals surface area (Å²) in [5.74, 6) is -0.711. The van der Waals surface area contributed by atoms with Crippen LogP contribution in [0.2, 0.25) is 0 Å². The molecule has 1 saturated carbocycles. The summed E-state index contributed by atoms with van der Waals surface area (Å²) >= 11 is 2.01. The van der Waals surface area contributed by atoms with Crippen molar-refractivity contribution in [3.63, 3.8) is 0 Å². The maximum absolute atomic E-state index is 14.6. The summed E-state index contributed by atoms with van der Waals surface area (Å²) < 4.78 is 51.4. The number of nitrogens with zero attached hydrogens (tertiary/aromatic N) is 1. The van der Waals surface area contributed by atoms with Crippen LogP contribution in [0.5, 0.6) is 5.88 Å². The average molecular weight is 592 g/mol. The van der Waals surface area contributed by atoms with Crippen molar-refractivity contribution in [2.75, 3.05) is 24.5 Å². The second-order valence-corrected chi connectivity index (χ2v) is 11.8. The fourth-order valence-corrected chi connectivity index (χ4v) is 6.59. The molecule has 1 aromatic heterocycles. The van der Waals surface area contributed by atoms with E-state index >= 15 is 0 Å². The van der Waals surface area contributed by atoms with Crippen LogP contribution in [0, 0.1) is 28.1 Å². The molecule has 2 heterocycles. The van der Waals surface area contributed by atoms with Gasteiger partial charge in [-0.3, -0.25) is 14.1 Å². The third-order valence-corrected chi connectivity index (χ3v) is 9.09. The molecule has 0 atom stereocenters. The van der Waals surface area contributed by atoms with Gasteiger partial charge in [0.2, 0.25) is 15.9 Å². The van der Waals surface area contributed by atoms with Gasteiger partial charge in [0.15, 0.2) is 0 Å². The van der Waals surface area contributed by atoms with Crippen LogP contribution in [-0.4, -0.2) is 48.3 Å². The van der Waals surface area contributed by atoms with Gasteiger partial charge in [0, 0.05) is 34.7 Å². The quantitative estimate of drug-likeness (QED) is 0.404. The summed E-state index contributed by atoms with van der Waals surface area (Å²) in [6.07, 6.45) is 0.664. The fourth-order valence-electron chi connectivity index (χ4n) is 4.47. The largest absolute Gasteiger partial charge is 0.475 e. The van der Waals surface area contributed by atoms with Crippen molar-refractivity contribution in [2.24, 2.45) is 11.8 Å². The SMILES string of the molecule is Cc1c(Cc2ccc(I)cc2F)c(NS(=O)(=O)C2CC(C(CO)CO)C2)c2n(c1=O)CCO2. The first kappa shape index (κ1) is 24.4. The monoisotopic (exact) mass is 592 g/mol. The van der Waals surface area contributed by atoms with E-state index in [9.17, 15) is 27.8 Å². The first-order valence-electron chi connectivity index (χ1n) is 10.7. The number of sulfonamides is 1. The van der Waals surface area contributed by atoms with E-state index in [0.29, 0.717) is 36.1 Å². The van der Waals surface area contributed by atoms with Crippen molar-refractivity contribution in [2.45, 2.75) is 38.0 Å². The Balaban J connectivity index is 1.70. The molecule has 2 aliphatic rings. The van der Waals surface area contributed by atoms with Crippen LogP contribution in [0.25, 0.3) is 0 Å². The standard InChI is InChI=1S/C22H26FIN2O6S/c1-12-18(8-13-2-3-16(24)9-19(13)23)20(22-26(21(12)29)4-5-32-22)25-33(30,31)17-6-14(7-17)15(10-27)11-28/h2-3,9,14-15,17,25,27-28H,4-8,10-11H2,1H3. The number of aliphatic hydroxyl groups is 2. The van der Waals surface area contributed by atoms with Crippen LogP contribution in [0.4, 0.5) is 10.1 Å². The Hall–Kier alpha value is -1.70. The van der Waals surface area contributed by atoms with E-state index < -0.39 is 21.1 Å². The highest BCUT2D eigenvalue weighted by atomic mass is 127. The number of hydrogen-bond donors (Lipinski definition) is 3. The first-order chi connectivity index (χ1) is 15.7. The highest BCUT2D eigenvalue weighted by Gasteiger charge is 2.43. The summed E-state index contributed by atoms with van der Waals surface area (Å²) in [6.45, 7) is 1.76. The fraction of sp³-hybridized carbons (Fsp3) is 0.500. The Bertz CT molecular complexity index is 1220. The molecule has 1 aliphatic carbocycles. The molecule has 8 nitrogen and oxygen atoms in total. The van der Waals surface area contributed by atoms with Crippen molar-refractivity contribution in [1.82, 2.24) is 4.57 Å². The highest BCUT2D eigenvalue weighted by molar-refractivity contribution is 14.1. The van der Waals surface area contributed by atoms with Gasteiger partial charge in [0.25, 0.3) is 5.56 Å². The van der Waals surface area contributed by atoms with E-state index in [-0.39, 0.29) is 55.2 Å². The van der Waals surface area contributed by atoms with E-state index in [1.54, 1.807) is 19.1 Å². The predicted octanol–water partition coefficient (Wildman–Crippen LogP) is 2.00. The molecule has 33 heavy (non-hydrogen) atoms. The number of aromatic nitrogens is 1. The third kappa shape index (κ3) is 4.64. The molecule has 180 valence electrons. The molecule has 11 heteroatoms. The van der Waals surface area contributed by atoms with Crippen molar-refractivity contribution >= 4 is 38.3 Å². The van der Waals surface area contributed by atoms with Gasteiger partial charge in [0.05, 0.1) is 11.8 Å². The van der Waals surface area contributed by atoms with Gasteiger partial charge >= 0.3 is 0 Å². The Morgan fingerprint density at radius 2 is 2.00 bits per heavy atom. The number of nitrogens with one attached hydrogen (secondary N) is 1. The van der Waals surface area contributed by atoms with Crippen LogP contribution < -0.4 is 15.0 Å². The molecule has 0 unspecified atom stereocenters. The highest BCUT2D eigenvalue weighted by Crippen LogP contribution is 2.41.